The van der Waals surface area contributed by atoms with E-state index in [0.29, 0.717) is 0 Å². The fourth-order valence-corrected chi connectivity index (χ4v) is 2.48. The van der Waals surface area contributed by atoms with E-state index in [1.807, 2.05) is 24.1 Å². The van der Waals surface area contributed by atoms with Crippen LogP contribution in [0, 0.1) is 6.92 Å². The lowest BCUT2D eigenvalue weighted by Gasteiger charge is -2.16. The minimum atomic E-state index is 0.150. The summed E-state index contributed by atoms with van der Waals surface area (Å²) in [6.45, 7) is 2.08. The predicted molar refractivity (Wildman–Crippen MR) is 80.5 cm³/mol. The average Bonchev–Trinajstić information content (AvgIpc) is 2.80. The Bertz CT molecular complexity index is 550. The highest BCUT2D eigenvalue weighted by molar-refractivity contribution is 9.10. The maximum absolute atomic E-state index is 5.68. The zero-order valence-corrected chi connectivity index (χ0v) is 12.8. The van der Waals surface area contributed by atoms with Gasteiger partial charge in [0.2, 0.25) is 0 Å². The van der Waals surface area contributed by atoms with Crippen molar-refractivity contribution in [3.05, 3.63) is 51.8 Å². The van der Waals surface area contributed by atoms with E-state index >= 15 is 0 Å². The molecule has 0 saturated carbocycles. The molecule has 2 aromatic rings. The molecule has 0 aliphatic carbocycles. The van der Waals surface area contributed by atoms with Crippen molar-refractivity contribution in [2.45, 2.75) is 25.8 Å². The van der Waals surface area contributed by atoms with Crippen LogP contribution >= 0.6 is 15.9 Å². The first-order valence-electron chi connectivity index (χ1n) is 6.30. The number of aromatic nitrogens is 2. The first-order chi connectivity index (χ1) is 9.10. The third-order valence-electron chi connectivity index (χ3n) is 3.28. The van der Waals surface area contributed by atoms with Gasteiger partial charge in [-0.15, -0.1) is 0 Å². The lowest BCUT2D eigenvalue weighted by molar-refractivity contribution is 0.516. The summed E-state index contributed by atoms with van der Waals surface area (Å²) in [5.41, 5.74) is 6.55. The maximum Gasteiger partial charge on any atom is 0.0521 e. The quantitative estimate of drug-likeness (QED) is 0.657. The number of nitrogens with two attached hydrogens (primary N) is 1. The number of benzene rings is 1. The molecule has 0 aliphatic rings. The molecule has 0 radical (unpaired) electrons. The van der Waals surface area contributed by atoms with Gasteiger partial charge in [0.1, 0.15) is 0 Å². The van der Waals surface area contributed by atoms with Crippen LogP contribution in [0.2, 0.25) is 0 Å². The van der Waals surface area contributed by atoms with E-state index in [1.165, 1.54) is 16.7 Å². The van der Waals surface area contributed by atoms with Crippen molar-refractivity contribution in [2.75, 3.05) is 0 Å². The molecule has 5 heteroatoms. The van der Waals surface area contributed by atoms with Crippen molar-refractivity contribution < 1.29 is 0 Å². The van der Waals surface area contributed by atoms with Crippen LogP contribution in [-0.4, -0.2) is 9.78 Å². The van der Waals surface area contributed by atoms with Crippen molar-refractivity contribution >= 4 is 15.9 Å². The lowest BCUT2D eigenvalue weighted by atomic mass is 10.00. The Balaban J connectivity index is 2.05. The molecule has 102 valence electrons. The van der Waals surface area contributed by atoms with Gasteiger partial charge in [-0.2, -0.15) is 5.10 Å². The molecule has 1 heterocycles. The van der Waals surface area contributed by atoms with Gasteiger partial charge in [-0.05, 0) is 42.5 Å². The molecule has 0 fully saturated rings. The first-order valence-corrected chi connectivity index (χ1v) is 7.09. The van der Waals surface area contributed by atoms with E-state index in [9.17, 15) is 0 Å². The molecule has 4 nitrogen and oxygen atoms in total. The molecule has 19 heavy (non-hydrogen) atoms. The normalized spacial score (nSPS) is 12.6. The molecular formula is C14H19BrN4. The Kier molecular flexibility index (Phi) is 4.74. The van der Waals surface area contributed by atoms with Crippen molar-refractivity contribution in [3.8, 4) is 0 Å². The third-order valence-corrected chi connectivity index (χ3v) is 4.13. The molecule has 0 amide bonds. The third kappa shape index (κ3) is 3.65. The summed E-state index contributed by atoms with van der Waals surface area (Å²) in [4.78, 5) is 0. The molecular weight excluding hydrogens is 304 g/mol. The van der Waals surface area contributed by atoms with E-state index in [-0.39, 0.29) is 6.04 Å². The van der Waals surface area contributed by atoms with Crippen LogP contribution in [0.4, 0.5) is 0 Å². The average molecular weight is 323 g/mol. The summed E-state index contributed by atoms with van der Waals surface area (Å²) in [6, 6.07) is 6.50. The van der Waals surface area contributed by atoms with Crippen molar-refractivity contribution in [1.29, 1.82) is 0 Å². The Labute approximate surface area is 122 Å². The highest BCUT2D eigenvalue weighted by Gasteiger charge is 2.11. The summed E-state index contributed by atoms with van der Waals surface area (Å²) in [7, 11) is 1.93. The van der Waals surface area contributed by atoms with Crippen molar-refractivity contribution in [1.82, 2.24) is 15.2 Å². The van der Waals surface area contributed by atoms with E-state index < -0.39 is 0 Å². The number of nitrogens with zero attached hydrogens (tertiary/aromatic N) is 2. The molecule has 0 aliphatic heterocycles. The van der Waals surface area contributed by atoms with Gasteiger partial charge in [0, 0.05) is 23.8 Å². The van der Waals surface area contributed by atoms with Crippen LogP contribution in [0.5, 0.6) is 0 Å². The van der Waals surface area contributed by atoms with Crippen LogP contribution < -0.4 is 11.3 Å². The molecule has 0 saturated heterocycles. The highest BCUT2D eigenvalue weighted by Crippen LogP contribution is 2.24. The minimum absolute atomic E-state index is 0.150. The SMILES string of the molecule is Cc1ccc(C(CCc2cnn(C)c2)NN)cc1Br. The molecule has 2 rings (SSSR count). The Morgan fingerprint density at radius 3 is 2.84 bits per heavy atom. The first kappa shape index (κ1) is 14.2. The smallest absolute Gasteiger partial charge is 0.0521 e. The van der Waals surface area contributed by atoms with Crippen LogP contribution in [0.3, 0.4) is 0 Å². The number of hydrazine groups is 1. The van der Waals surface area contributed by atoms with Gasteiger partial charge < -0.3 is 0 Å². The molecule has 1 atom stereocenters. The second-order valence-electron chi connectivity index (χ2n) is 4.79. The Hall–Kier alpha value is -1.17. The zero-order chi connectivity index (χ0) is 13.8. The van der Waals surface area contributed by atoms with Gasteiger partial charge in [-0.25, -0.2) is 0 Å². The predicted octanol–water partition coefficient (Wildman–Crippen LogP) is 2.63. The van der Waals surface area contributed by atoms with Gasteiger partial charge in [0.15, 0.2) is 0 Å². The van der Waals surface area contributed by atoms with Gasteiger partial charge in [-0.3, -0.25) is 16.0 Å². The van der Waals surface area contributed by atoms with Crippen LogP contribution in [0.25, 0.3) is 0 Å². The van der Waals surface area contributed by atoms with Crippen LogP contribution in [-0.2, 0) is 13.5 Å². The number of halogens is 1. The van der Waals surface area contributed by atoms with Gasteiger partial charge in [0.05, 0.1) is 6.20 Å². The number of aryl methyl sites for hydroxylation is 3. The molecule has 1 unspecified atom stereocenters. The summed E-state index contributed by atoms with van der Waals surface area (Å²) in [5.74, 6) is 5.68. The molecule has 1 aromatic heterocycles. The van der Waals surface area contributed by atoms with E-state index in [4.69, 9.17) is 5.84 Å². The van der Waals surface area contributed by atoms with E-state index in [2.05, 4.69) is 51.6 Å². The molecule has 1 aromatic carbocycles. The number of nitrogens with one attached hydrogen (secondary N) is 1. The number of rotatable bonds is 5. The van der Waals surface area contributed by atoms with Gasteiger partial charge in [-0.1, -0.05) is 28.1 Å². The fourth-order valence-electron chi connectivity index (χ4n) is 2.08. The standard InChI is InChI=1S/C14H19BrN4/c1-10-3-5-12(7-13(10)15)14(18-16)6-4-11-8-17-19(2)9-11/h3,5,7-9,14,18H,4,6,16H2,1-2H3. The van der Waals surface area contributed by atoms with Gasteiger partial charge in [0.25, 0.3) is 0 Å². The zero-order valence-electron chi connectivity index (χ0n) is 11.2. The van der Waals surface area contributed by atoms with Crippen LogP contribution in [0.1, 0.15) is 29.2 Å². The summed E-state index contributed by atoms with van der Waals surface area (Å²) in [5, 5.41) is 4.18. The Morgan fingerprint density at radius 2 is 2.26 bits per heavy atom. The monoisotopic (exact) mass is 322 g/mol. The molecule has 3 N–H and O–H groups in total. The maximum atomic E-state index is 5.68. The second kappa shape index (κ2) is 6.32. The fraction of sp³-hybridized carbons (Fsp3) is 0.357. The minimum Gasteiger partial charge on any atom is -0.276 e. The summed E-state index contributed by atoms with van der Waals surface area (Å²) in [6.07, 6.45) is 5.84. The molecule has 0 spiro atoms. The summed E-state index contributed by atoms with van der Waals surface area (Å²) >= 11 is 3.56. The number of hydrogen-bond acceptors (Lipinski definition) is 3. The van der Waals surface area contributed by atoms with Gasteiger partial charge >= 0.3 is 0 Å². The molecule has 0 bridgehead atoms. The van der Waals surface area contributed by atoms with E-state index in [1.54, 1.807) is 0 Å². The Morgan fingerprint density at radius 1 is 1.47 bits per heavy atom. The lowest BCUT2D eigenvalue weighted by Crippen LogP contribution is -2.28. The topological polar surface area (TPSA) is 55.9 Å². The van der Waals surface area contributed by atoms with E-state index in [0.717, 1.165) is 17.3 Å². The van der Waals surface area contributed by atoms with Crippen LogP contribution in [0.15, 0.2) is 35.1 Å². The summed E-state index contributed by atoms with van der Waals surface area (Å²) < 4.78 is 2.94. The second-order valence-corrected chi connectivity index (χ2v) is 5.64. The largest absolute Gasteiger partial charge is 0.276 e. The number of hydrogen-bond donors (Lipinski definition) is 2. The highest BCUT2D eigenvalue weighted by atomic mass is 79.9. The van der Waals surface area contributed by atoms with Crippen molar-refractivity contribution in [2.24, 2.45) is 12.9 Å². The van der Waals surface area contributed by atoms with Crippen molar-refractivity contribution in [3.63, 3.8) is 0 Å².